The highest BCUT2D eigenvalue weighted by Gasteiger charge is 2.22. The molecule has 92 valence electrons. The Morgan fingerprint density at radius 3 is 2.94 bits per heavy atom. The molecule has 0 saturated carbocycles. The van der Waals surface area contributed by atoms with Crippen LogP contribution in [0, 0.1) is 0 Å². The van der Waals surface area contributed by atoms with Crippen molar-refractivity contribution in [2.75, 3.05) is 13.2 Å². The first kappa shape index (κ1) is 11.4. The van der Waals surface area contributed by atoms with Crippen LogP contribution < -0.4 is 5.73 Å². The van der Waals surface area contributed by atoms with Crippen LogP contribution in [0.3, 0.4) is 0 Å². The summed E-state index contributed by atoms with van der Waals surface area (Å²) in [7, 11) is 0. The van der Waals surface area contributed by atoms with Crippen molar-refractivity contribution in [1.82, 2.24) is 4.98 Å². The Bertz CT molecular complexity index is 539. The third-order valence-electron chi connectivity index (χ3n) is 3.39. The SMILES string of the molecule is NC[C@@H]1OCCc2c(-c3ccccn3)cccc21. The first-order valence-electron chi connectivity index (χ1n) is 6.25. The van der Waals surface area contributed by atoms with Crippen molar-refractivity contribution in [3.8, 4) is 11.3 Å². The van der Waals surface area contributed by atoms with Crippen molar-refractivity contribution in [3.63, 3.8) is 0 Å². The van der Waals surface area contributed by atoms with Gasteiger partial charge in [0.2, 0.25) is 0 Å². The summed E-state index contributed by atoms with van der Waals surface area (Å²) in [6.45, 7) is 1.26. The number of nitrogens with zero attached hydrogens (tertiary/aromatic N) is 1. The van der Waals surface area contributed by atoms with E-state index < -0.39 is 0 Å². The van der Waals surface area contributed by atoms with E-state index in [1.54, 1.807) is 0 Å². The smallest absolute Gasteiger partial charge is 0.0950 e. The maximum atomic E-state index is 5.77. The molecule has 3 heteroatoms. The molecule has 1 aliphatic heterocycles. The lowest BCUT2D eigenvalue weighted by atomic mass is 9.91. The summed E-state index contributed by atoms with van der Waals surface area (Å²) < 4.78 is 5.70. The van der Waals surface area contributed by atoms with Crippen LogP contribution in [0.25, 0.3) is 11.3 Å². The molecule has 0 saturated heterocycles. The molecule has 0 unspecified atom stereocenters. The number of rotatable bonds is 2. The number of aromatic nitrogens is 1. The third-order valence-corrected chi connectivity index (χ3v) is 3.39. The van der Waals surface area contributed by atoms with E-state index >= 15 is 0 Å². The molecule has 0 fully saturated rings. The van der Waals surface area contributed by atoms with Gasteiger partial charge in [-0.25, -0.2) is 0 Å². The summed E-state index contributed by atoms with van der Waals surface area (Å²) in [6, 6.07) is 12.3. The lowest BCUT2D eigenvalue weighted by Crippen LogP contribution is -2.23. The molecule has 1 atom stereocenters. The van der Waals surface area contributed by atoms with Gasteiger partial charge in [0.15, 0.2) is 0 Å². The van der Waals surface area contributed by atoms with Gasteiger partial charge in [-0.15, -0.1) is 0 Å². The Morgan fingerprint density at radius 2 is 2.17 bits per heavy atom. The molecule has 2 aromatic rings. The predicted molar refractivity (Wildman–Crippen MR) is 71.1 cm³/mol. The minimum absolute atomic E-state index is 0.0254. The fourth-order valence-corrected chi connectivity index (χ4v) is 2.54. The summed E-state index contributed by atoms with van der Waals surface area (Å²) in [5.74, 6) is 0. The quantitative estimate of drug-likeness (QED) is 0.876. The highest BCUT2D eigenvalue weighted by molar-refractivity contribution is 5.66. The molecule has 0 bridgehead atoms. The molecule has 0 aliphatic carbocycles. The van der Waals surface area contributed by atoms with Crippen LogP contribution in [0.2, 0.25) is 0 Å². The van der Waals surface area contributed by atoms with Gasteiger partial charge in [0.25, 0.3) is 0 Å². The molecule has 0 radical (unpaired) electrons. The van der Waals surface area contributed by atoms with Gasteiger partial charge in [-0.1, -0.05) is 24.3 Å². The Hall–Kier alpha value is -1.71. The molecule has 0 spiro atoms. The maximum Gasteiger partial charge on any atom is 0.0950 e. The topological polar surface area (TPSA) is 48.1 Å². The van der Waals surface area contributed by atoms with Crippen molar-refractivity contribution in [3.05, 3.63) is 53.7 Å². The van der Waals surface area contributed by atoms with Crippen LogP contribution in [0.15, 0.2) is 42.6 Å². The average molecular weight is 240 g/mol. The fourth-order valence-electron chi connectivity index (χ4n) is 2.54. The van der Waals surface area contributed by atoms with Crippen molar-refractivity contribution >= 4 is 0 Å². The zero-order valence-corrected chi connectivity index (χ0v) is 10.2. The lowest BCUT2D eigenvalue weighted by Gasteiger charge is -2.26. The molecule has 3 rings (SSSR count). The van der Waals surface area contributed by atoms with Crippen molar-refractivity contribution in [2.45, 2.75) is 12.5 Å². The number of hydrogen-bond donors (Lipinski definition) is 1. The van der Waals surface area contributed by atoms with Crippen LogP contribution in [0.5, 0.6) is 0 Å². The summed E-state index contributed by atoms with van der Waals surface area (Å²) in [5, 5.41) is 0. The largest absolute Gasteiger partial charge is 0.372 e. The number of nitrogens with two attached hydrogens (primary N) is 1. The number of fused-ring (bicyclic) bond motifs is 1. The number of ether oxygens (including phenoxy) is 1. The highest BCUT2D eigenvalue weighted by Crippen LogP contribution is 2.33. The van der Waals surface area contributed by atoms with E-state index in [9.17, 15) is 0 Å². The zero-order chi connectivity index (χ0) is 12.4. The third kappa shape index (κ3) is 1.92. The van der Waals surface area contributed by atoms with Crippen LogP contribution in [-0.2, 0) is 11.2 Å². The van der Waals surface area contributed by atoms with Crippen LogP contribution >= 0.6 is 0 Å². The van der Waals surface area contributed by atoms with Crippen LogP contribution in [0.1, 0.15) is 17.2 Å². The van der Waals surface area contributed by atoms with Crippen LogP contribution in [0.4, 0.5) is 0 Å². The molecule has 2 N–H and O–H groups in total. The molecule has 1 aromatic heterocycles. The fraction of sp³-hybridized carbons (Fsp3) is 0.267. The molecule has 0 amide bonds. The number of benzene rings is 1. The molecule has 2 heterocycles. The second-order valence-corrected chi connectivity index (χ2v) is 4.43. The van der Waals surface area contributed by atoms with Gasteiger partial charge in [0, 0.05) is 18.3 Å². The summed E-state index contributed by atoms with van der Waals surface area (Å²) in [5.41, 5.74) is 10.5. The normalized spacial score (nSPS) is 18.4. The molecule has 3 nitrogen and oxygen atoms in total. The van der Waals surface area contributed by atoms with E-state index in [0.717, 1.165) is 18.7 Å². The van der Waals surface area contributed by atoms with E-state index in [1.807, 2.05) is 24.4 Å². The van der Waals surface area contributed by atoms with Crippen molar-refractivity contribution in [1.29, 1.82) is 0 Å². The van der Waals surface area contributed by atoms with E-state index in [4.69, 9.17) is 10.5 Å². The first-order valence-corrected chi connectivity index (χ1v) is 6.25. The number of pyridine rings is 1. The Balaban J connectivity index is 2.12. The Kier molecular flexibility index (Phi) is 3.09. The van der Waals surface area contributed by atoms with Crippen molar-refractivity contribution < 1.29 is 4.74 Å². The van der Waals surface area contributed by atoms with Gasteiger partial charge in [0.05, 0.1) is 18.4 Å². The monoisotopic (exact) mass is 240 g/mol. The van der Waals surface area contributed by atoms with E-state index in [2.05, 4.69) is 23.2 Å². The predicted octanol–water partition coefficient (Wildman–Crippen LogP) is 2.32. The van der Waals surface area contributed by atoms with Gasteiger partial charge in [0.1, 0.15) is 0 Å². The number of hydrogen-bond acceptors (Lipinski definition) is 3. The molecule has 1 aromatic carbocycles. The second-order valence-electron chi connectivity index (χ2n) is 4.43. The molecule has 18 heavy (non-hydrogen) atoms. The Labute approximate surface area is 107 Å². The zero-order valence-electron chi connectivity index (χ0n) is 10.2. The van der Waals surface area contributed by atoms with Gasteiger partial charge in [-0.05, 0) is 29.7 Å². The molecule has 1 aliphatic rings. The summed E-state index contributed by atoms with van der Waals surface area (Å²) in [4.78, 5) is 4.44. The highest BCUT2D eigenvalue weighted by atomic mass is 16.5. The van der Waals surface area contributed by atoms with Gasteiger partial charge in [-0.3, -0.25) is 4.98 Å². The first-order chi connectivity index (χ1) is 8.90. The van der Waals surface area contributed by atoms with E-state index in [1.165, 1.54) is 16.7 Å². The minimum atomic E-state index is 0.0254. The maximum absolute atomic E-state index is 5.77. The van der Waals surface area contributed by atoms with Crippen LogP contribution in [-0.4, -0.2) is 18.1 Å². The summed E-state index contributed by atoms with van der Waals surface area (Å²) >= 11 is 0. The lowest BCUT2D eigenvalue weighted by molar-refractivity contribution is 0.0486. The minimum Gasteiger partial charge on any atom is -0.372 e. The van der Waals surface area contributed by atoms with Gasteiger partial charge < -0.3 is 10.5 Å². The van der Waals surface area contributed by atoms with E-state index in [0.29, 0.717) is 6.54 Å². The second kappa shape index (κ2) is 4.88. The average Bonchev–Trinajstić information content (AvgIpc) is 2.47. The molecular weight excluding hydrogens is 224 g/mol. The van der Waals surface area contributed by atoms with Gasteiger partial charge in [-0.2, -0.15) is 0 Å². The van der Waals surface area contributed by atoms with Crippen molar-refractivity contribution in [2.24, 2.45) is 5.73 Å². The Morgan fingerprint density at radius 1 is 1.22 bits per heavy atom. The molecular formula is C15H16N2O. The van der Waals surface area contributed by atoms with E-state index in [-0.39, 0.29) is 6.10 Å². The standard InChI is InChI=1S/C15H16N2O/c16-10-15-13-5-3-4-12(11(13)7-9-18-15)14-6-1-2-8-17-14/h1-6,8,15H,7,9-10,16H2/t15-/m0/s1. The van der Waals surface area contributed by atoms with Gasteiger partial charge >= 0.3 is 0 Å². The summed E-state index contributed by atoms with van der Waals surface area (Å²) in [6.07, 6.45) is 2.78.